The summed E-state index contributed by atoms with van der Waals surface area (Å²) in [5, 5.41) is 3.29. The van der Waals surface area contributed by atoms with E-state index >= 15 is 0 Å². The molecule has 1 N–H and O–H groups in total. The van der Waals surface area contributed by atoms with Crippen molar-refractivity contribution in [3.05, 3.63) is 29.8 Å². The summed E-state index contributed by atoms with van der Waals surface area (Å²) in [5.41, 5.74) is 1.03. The summed E-state index contributed by atoms with van der Waals surface area (Å²) in [6, 6.07) is 7.66. The lowest BCUT2D eigenvalue weighted by atomic mass is 10.1. The average molecular weight is 289 g/mol. The molecule has 1 aliphatic rings. The Morgan fingerprint density at radius 3 is 2.42 bits per heavy atom. The minimum absolute atomic E-state index is 0. The van der Waals surface area contributed by atoms with Gasteiger partial charge in [-0.2, -0.15) is 0 Å². The number of nitrogens with zero attached hydrogens (tertiary/aromatic N) is 1. The van der Waals surface area contributed by atoms with Crippen LogP contribution < -0.4 is 10.1 Å². The second kappa shape index (κ2) is 8.35. The number of hydrogen-bond donors (Lipinski definition) is 1. The highest BCUT2D eigenvalue weighted by Gasteiger charge is 2.21. The van der Waals surface area contributed by atoms with E-state index in [0.29, 0.717) is 6.61 Å². The number of hydrogen-bond acceptors (Lipinski definition) is 3. The molecular formula is C14H22ClFN2O. The van der Waals surface area contributed by atoms with Gasteiger partial charge in [-0.1, -0.05) is 12.1 Å². The Morgan fingerprint density at radius 1 is 1.26 bits per heavy atom. The van der Waals surface area contributed by atoms with Crippen molar-refractivity contribution in [1.82, 2.24) is 10.2 Å². The second-order valence-electron chi connectivity index (χ2n) is 4.46. The first kappa shape index (κ1) is 16.2. The summed E-state index contributed by atoms with van der Waals surface area (Å²) in [4.78, 5) is 2.20. The third kappa shape index (κ3) is 4.34. The molecule has 0 spiro atoms. The first-order chi connectivity index (χ1) is 8.85. The van der Waals surface area contributed by atoms with Crippen LogP contribution in [0.4, 0.5) is 4.39 Å². The predicted octanol–water partition coefficient (Wildman–Crippen LogP) is 2.42. The Kier molecular flexibility index (Phi) is 7.13. The lowest BCUT2D eigenvalue weighted by Gasteiger charge is -2.33. The van der Waals surface area contributed by atoms with E-state index in [1.807, 2.05) is 31.2 Å². The second-order valence-corrected chi connectivity index (χ2v) is 4.46. The Morgan fingerprint density at radius 2 is 1.89 bits per heavy atom. The Labute approximate surface area is 120 Å². The van der Waals surface area contributed by atoms with Crippen LogP contribution in [-0.4, -0.2) is 44.4 Å². The Bertz CT molecular complexity index is 355. The average Bonchev–Trinajstić information content (AvgIpc) is 2.43. The topological polar surface area (TPSA) is 24.5 Å². The molecular weight excluding hydrogens is 267 g/mol. The molecule has 0 aromatic heterocycles. The molecule has 1 aromatic rings. The zero-order chi connectivity index (χ0) is 12.8. The molecule has 3 nitrogen and oxygen atoms in total. The maximum absolute atomic E-state index is 13.3. The number of halogens is 2. The first-order valence-electron chi connectivity index (χ1n) is 6.58. The SMILES string of the molecule is CCOc1ccc([C@H](CF)N2CCNCC2)cc1.Cl. The summed E-state index contributed by atoms with van der Waals surface area (Å²) in [6.45, 7) is 5.96. The van der Waals surface area contributed by atoms with Gasteiger partial charge in [0, 0.05) is 26.2 Å². The smallest absolute Gasteiger partial charge is 0.119 e. The molecule has 0 amide bonds. The molecule has 1 atom stereocenters. The van der Waals surface area contributed by atoms with Gasteiger partial charge in [-0.25, -0.2) is 4.39 Å². The van der Waals surface area contributed by atoms with Crippen LogP contribution in [0.1, 0.15) is 18.5 Å². The van der Waals surface area contributed by atoms with Crippen molar-refractivity contribution in [1.29, 1.82) is 0 Å². The molecule has 108 valence electrons. The van der Waals surface area contributed by atoms with Crippen molar-refractivity contribution in [3.8, 4) is 5.75 Å². The van der Waals surface area contributed by atoms with E-state index in [1.54, 1.807) is 0 Å². The van der Waals surface area contributed by atoms with Crippen molar-refractivity contribution in [2.75, 3.05) is 39.5 Å². The molecule has 19 heavy (non-hydrogen) atoms. The van der Waals surface area contributed by atoms with Crippen LogP contribution in [0.3, 0.4) is 0 Å². The fourth-order valence-electron chi connectivity index (χ4n) is 2.34. The van der Waals surface area contributed by atoms with Gasteiger partial charge in [0.05, 0.1) is 12.6 Å². The van der Waals surface area contributed by atoms with Gasteiger partial charge in [-0.3, -0.25) is 4.90 Å². The minimum Gasteiger partial charge on any atom is -0.494 e. The third-order valence-corrected chi connectivity index (χ3v) is 3.31. The largest absolute Gasteiger partial charge is 0.494 e. The number of benzene rings is 1. The molecule has 1 heterocycles. The Balaban J connectivity index is 0.00000180. The zero-order valence-electron chi connectivity index (χ0n) is 11.3. The number of nitrogens with one attached hydrogen (secondary N) is 1. The maximum atomic E-state index is 13.3. The van der Waals surface area contributed by atoms with E-state index in [0.717, 1.165) is 37.5 Å². The fraction of sp³-hybridized carbons (Fsp3) is 0.571. The van der Waals surface area contributed by atoms with E-state index in [-0.39, 0.29) is 25.1 Å². The van der Waals surface area contributed by atoms with Gasteiger partial charge in [0.2, 0.25) is 0 Å². The number of ether oxygens (including phenoxy) is 1. The Hall–Kier alpha value is -0.840. The van der Waals surface area contributed by atoms with Gasteiger partial charge in [0.15, 0.2) is 0 Å². The molecule has 0 aliphatic carbocycles. The van der Waals surface area contributed by atoms with Crippen LogP contribution in [0.25, 0.3) is 0 Å². The summed E-state index contributed by atoms with van der Waals surface area (Å²) >= 11 is 0. The molecule has 1 saturated heterocycles. The summed E-state index contributed by atoms with van der Waals surface area (Å²) in [6.07, 6.45) is 0. The molecule has 1 aromatic carbocycles. The van der Waals surface area contributed by atoms with Crippen molar-refractivity contribution in [3.63, 3.8) is 0 Å². The van der Waals surface area contributed by atoms with Crippen LogP contribution >= 0.6 is 12.4 Å². The molecule has 0 bridgehead atoms. The lowest BCUT2D eigenvalue weighted by Crippen LogP contribution is -2.45. The predicted molar refractivity (Wildman–Crippen MR) is 78.0 cm³/mol. The molecule has 1 aliphatic heterocycles. The van der Waals surface area contributed by atoms with Crippen LogP contribution in [0, 0.1) is 0 Å². The van der Waals surface area contributed by atoms with E-state index in [2.05, 4.69) is 10.2 Å². The van der Waals surface area contributed by atoms with Crippen LogP contribution in [-0.2, 0) is 0 Å². The van der Waals surface area contributed by atoms with E-state index in [9.17, 15) is 4.39 Å². The third-order valence-electron chi connectivity index (χ3n) is 3.31. The fourth-order valence-corrected chi connectivity index (χ4v) is 2.34. The van der Waals surface area contributed by atoms with E-state index < -0.39 is 0 Å². The summed E-state index contributed by atoms with van der Waals surface area (Å²) in [7, 11) is 0. The minimum atomic E-state index is -0.339. The maximum Gasteiger partial charge on any atom is 0.119 e. The van der Waals surface area contributed by atoms with E-state index in [4.69, 9.17) is 4.74 Å². The standard InChI is InChI=1S/C14H21FN2O.ClH/c1-2-18-13-5-3-12(4-6-13)14(11-15)17-9-7-16-8-10-17;/h3-6,14,16H,2,7-11H2,1H3;1H/t14-;/m0./s1. The molecule has 0 unspecified atom stereocenters. The van der Waals surface area contributed by atoms with Gasteiger partial charge in [0.25, 0.3) is 0 Å². The number of alkyl halides is 1. The molecule has 5 heteroatoms. The van der Waals surface area contributed by atoms with Crippen LogP contribution in [0.2, 0.25) is 0 Å². The van der Waals surface area contributed by atoms with Gasteiger partial charge in [0.1, 0.15) is 12.4 Å². The van der Waals surface area contributed by atoms with Crippen molar-refractivity contribution >= 4 is 12.4 Å². The highest BCUT2D eigenvalue weighted by molar-refractivity contribution is 5.85. The quantitative estimate of drug-likeness (QED) is 0.901. The van der Waals surface area contributed by atoms with Gasteiger partial charge in [-0.15, -0.1) is 12.4 Å². The van der Waals surface area contributed by atoms with Crippen molar-refractivity contribution < 1.29 is 9.13 Å². The molecule has 0 saturated carbocycles. The monoisotopic (exact) mass is 288 g/mol. The van der Waals surface area contributed by atoms with E-state index in [1.165, 1.54) is 0 Å². The van der Waals surface area contributed by atoms with Gasteiger partial charge in [-0.05, 0) is 24.6 Å². The molecule has 0 radical (unpaired) electrons. The lowest BCUT2D eigenvalue weighted by molar-refractivity contribution is 0.147. The van der Waals surface area contributed by atoms with Crippen LogP contribution in [0.15, 0.2) is 24.3 Å². The highest BCUT2D eigenvalue weighted by atomic mass is 35.5. The van der Waals surface area contributed by atoms with Gasteiger partial charge >= 0.3 is 0 Å². The molecule has 2 rings (SSSR count). The summed E-state index contributed by atoms with van der Waals surface area (Å²) < 4.78 is 18.7. The normalized spacial score (nSPS) is 17.6. The van der Waals surface area contributed by atoms with Crippen molar-refractivity contribution in [2.24, 2.45) is 0 Å². The number of piperazine rings is 1. The molecule has 1 fully saturated rings. The number of rotatable bonds is 5. The zero-order valence-corrected chi connectivity index (χ0v) is 12.1. The first-order valence-corrected chi connectivity index (χ1v) is 6.58. The summed E-state index contributed by atoms with van der Waals surface area (Å²) in [5.74, 6) is 0.846. The van der Waals surface area contributed by atoms with Crippen LogP contribution in [0.5, 0.6) is 5.75 Å². The van der Waals surface area contributed by atoms with Gasteiger partial charge < -0.3 is 10.1 Å². The van der Waals surface area contributed by atoms with Crippen molar-refractivity contribution in [2.45, 2.75) is 13.0 Å². The highest BCUT2D eigenvalue weighted by Crippen LogP contribution is 2.24.